The fourth-order valence-corrected chi connectivity index (χ4v) is 1.86. The average Bonchev–Trinajstić information content (AvgIpc) is 2.29. The largest absolute Gasteiger partial charge is 0.494 e. The van der Waals surface area contributed by atoms with E-state index < -0.39 is 0 Å². The molecule has 102 valence electrons. The fourth-order valence-electron chi connectivity index (χ4n) is 1.86. The van der Waals surface area contributed by atoms with Crippen LogP contribution in [0.3, 0.4) is 0 Å². The monoisotopic (exact) mass is 254 g/mol. The summed E-state index contributed by atoms with van der Waals surface area (Å²) in [4.78, 5) is 0. The van der Waals surface area contributed by atoms with Gasteiger partial charge in [0.05, 0.1) is 7.11 Å². The van der Waals surface area contributed by atoms with Gasteiger partial charge in [0.1, 0.15) is 0 Å². The van der Waals surface area contributed by atoms with Crippen molar-refractivity contribution < 1.29 is 9.13 Å². The van der Waals surface area contributed by atoms with Crippen LogP contribution in [0.2, 0.25) is 0 Å². The van der Waals surface area contributed by atoms with Crippen LogP contribution in [0.5, 0.6) is 5.75 Å². The van der Waals surface area contributed by atoms with Crippen LogP contribution in [-0.4, -0.2) is 25.7 Å². The number of hydrogen-bond acceptors (Lipinski definition) is 3. The summed E-state index contributed by atoms with van der Waals surface area (Å²) in [6, 6.07) is 5.08. The second-order valence-electron chi connectivity index (χ2n) is 5.07. The molecule has 0 spiro atoms. The molecule has 1 aromatic rings. The van der Waals surface area contributed by atoms with E-state index in [9.17, 15) is 4.39 Å². The molecule has 0 saturated carbocycles. The van der Waals surface area contributed by atoms with Gasteiger partial charge in [-0.15, -0.1) is 0 Å². The van der Waals surface area contributed by atoms with E-state index in [2.05, 4.69) is 19.2 Å². The van der Waals surface area contributed by atoms with Gasteiger partial charge in [-0.2, -0.15) is 0 Å². The van der Waals surface area contributed by atoms with Crippen molar-refractivity contribution in [1.29, 1.82) is 0 Å². The maximum Gasteiger partial charge on any atom is 0.165 e. The molecule has 0 aromatic heterocycles. The molecule has 0 bridgehead atoms. The van der Waals surface area contributed by atoms with Crippen molar-refractivity contribution in [3.05, 3.63) is 29.6 Å². The van der Waals surface area contributed by atoms with Gasteiger partial charge in [0.15, 0.2) is 11.6 Å². The topological polar surface area (TPSA) is 47.3 Å². The number of benzene rings is 1. The second-order valence-corrected chi connectivity index (χ2v) is 5.07. The van der Waals surface area contributed by atoms with Crippen molar-refractivity contribution in [2.24, 2.45) is 5.73 Å². The SMILES string of the molecule is COc1ccc(CCNC(C)(C)CCN)cc1F. The highest BCUT2D eigenvalue weighted by Gasteiger charge is 2.14. The van der Waals surface area contributed by atoms with Crippen molar-refractivity contribution in [3.8, 4) is 5.75 Å². The van der Waals surface area contributed by atoms with E-state index in [1.807, 2.05) is 6.07 Å². The highest BCUT2D eigenvalue weighted by molar-refractivity contribution is 5.29. The summed E-state index contributed by atoms with van der Waals surface area (Å²) < 4.78 is 18.4. The molecule has 1 rings (SSSR count). The predicted molar refractivity (Wildman–Crippen MR) is 72.4 cm³/mol. The molecular formula is C14H23FN2O. The molecule has 4 heteroatoms. The van der Waals surface area contributed by atoms with Crippen molar-refractivity contribution in [2.45, 2.75) is 32.2 Å². The van der Waals surface area contributed by atoms with Crippen molar-refractivity contribution in [1.82, 2.24) is 5.32 Å². The number of hydrogen-bond donors (Lipinski definition) is 2. The van der Waals surface area contributed by atoms with Crippen molar-refractivity contribution in [2.75, 3.05) is 20.2 Å². The number of nitrogens with two attached hydrogens (primary N) is 1. The van der Waals surface area contributed by atoms with E-state index in [0.717, 1.165) is 24.9 Å². The lowest BCUT2D eigenvalue weighted by molar-refractivity contribution is 0.369. The van der Waals surface area contributed by atoms with Crippen LogP contribution >= 0.6 is 0 Å². The lowest BCUT2D eigenvalue weighted by Crippen LogP contribution is -2.42. The molecule has 0 aliphatic rings. The standard InChI is InChI=1S/C14H23FN2O/c1-14(2,7-8-16)17-9-6-11-4-5-13(18-3)12(15)10-11/h4-5,10,17H,6-9,16H2,1-3H3. The van der Waals surface area contributed by atoms with Crippen LogP contribution in [0.4, 0.5) is 4.39 Å². The summed E-state index contributed by atoms with van der Waals surface area (Å²) in [7, 11) is 1.47. The van der Waals surface area contributed by atoms with Gasteiger partial charge < -0.3 is 15.8 Å². The molecule has 18 heavy (non-hydrogen) atoms. The lowest BCUT2D eigenvalue weighted by Gasteiger charge is -2.25. The highest BCUT2D eigenvalue weighted by atomic mass is 19.1. The van der Waals surface area contributed by atoms with Gasteiger partial charge in [-0.25, -0.2) is 4.39 Å². The summed E-state index contributed by atoms with van der Waals surface area (Å²) in [5.41, 5.74) is 6.54. The normalized spacial score (nSPS) is 11.6. The first-order chi connectivity index (χ1) is 8.48. The Morgan fingerprint density at radius 1 is 1.39 bits per heavy atom. The Labute approximate surface area is 109 Å². The minimum atomic E-state index is -0.309. The maximum atomic E-state index is 13.5. The molecule has 0 atom stereocenters. The summed E-state index contributed by atoms with van der Waals surface area (Å²) in [6.07, 6.45) is 1.71. The Balaban J connectivity index is 2.47. The molecule has 0 saturated heterocycles. The molecule has 0 radical (unpaired) electrons. The summed E-state index contributed by atoms with van der Waals surface area (Å²) in [5, 5.41) is 3.42. The van der Waals surface area contributed by atoms with Gasteiger partial charge in [-0.3, -0.25) is 0 Å². The second kappa shape index (κ2) is 6.71. The van der Waals surface area contributed by atoms with Crippen LogP contribution in [-0.2, 0) is 6.42 Å². The smallest absolute Gasteiger partial charge is 0.165 e. The Bertz CT molecular complexity index is 380. The number of nitrogens with one attached hydrogen (secondary N) is 1. The minimum absolute atomic E-state index is 0.0275. The van der Waals surface area contributed by atoms with Gasteiger partial charge in [0.2, 0.25) is 0 Å². The van der Waals surface area contributed by atoms with E-state index in [1.165, 1.54) is 13.2 Å². The molecule has 3 N–H and O–H groups in total. The van der Waals surface area contributed by atoms with Gasteiger partial charge in [-0.05, 0) is 57.5 Å². The first-order valence-corrected chi connectivity index (χ1v) is 6.26. The predicted octanol–water partition coefficient (Wildman–Crippen LogP) is 2.09. The number of methoxy groups -OCH3 is 1. The minimum Gasteiger partial charge on any atom is -0.494 e. The van der Waals surface area contributed by atoms with Crippen LogP contribution in [0, 0.1) is 5.82 Å². The quantitative estimate of drug-likeness (QED) is 0.783. The van der Waals surface area contributed by atoms with E-state index in [0.29, 0.717) is 6.54 Å². The molecule has 0 heterocycles. The third-order valence-electron chi connectivity index (χ3n) is 3.00. The molecule has 1 aromatic carbocycles. The van der Waals surface area contributed by atoms with Gasteiger partial charge in [-0.1, -0.05) is 6.07 Å². The van der Waals surface area contributed by atoms with E-state index in [-0.39, 0.29) is 17.1 Å². The fraction of sp³-hybridized carbons (Fsp3) is 0.571. The summed E-state index contributed by atoms with van der Waals surface area (Å²) in [5.74, 6) is -0.0219. The molecule has 0 fully saturated rings. The van der Waals surface area contributed by atoms with Crippen LogP contribution in [0.1, 0.15) is 25.8 Å². The zero-order chi connectivity index (χ0) is 13.6. The third-order valence-corrected chi connectivity index (χ3v) is 3.00. The number of ether oxygens (including phenoxy) is 1. The molecule has 3 nitrogen and oxygen atoms in total. The Kier molecular flexibility index (Phi) is 5.56. The molecule has 0 unspecified atom stereocenters. The third kappa shape index (κ3) is 4.63. The Hall–Kier alpha value is -1.13. The van der Waals surface area contributed by atoms with Crippen LogP contribution < -0.4 is 15.8 Å². The summed E-state index contributed by atoms with van der Waals surface area (Å²) >= 11 is 0. The zero-order valence-corrected chi connectivity index (χ0v) is 11.4. The molecule has 0 amide bonds. The van der Waals surface area contributed by atoms with Gasteiger partial charge >= 0.3 is 0 Å². The van der Waals surface area contributed by atoms with Crippen molar-refractivity contribution in [3.63, 3.8) is 0 Å². The van der Waals surface area contributed by atoms with Crippen molar-refractivity contribution >= 4 is 0 Å². The van der Waals surface area contributed by atoms with Gasteiger partial charge in [0.25, 0.3) is 0 Å². The van der Waals surface area contributed by atoms with E-state index in [4.69, 9.17) is 10.5 Å². The first kappa shape index (κ1) is 14.9. The van der Waals surface area contributed by atoms with E-state index in [1.54, 1.807) is 6.07 Å². The maximum absolute atomic E-state index is 13.5. The lowest BCUT2D eigenvalue weighted by atomic mass is 10.0. The highest BCUT2D eigenvalue weighted by Crippen LogP contribution is 2.18. The molecule has 0 aliphatic carbocycles. The number of halogens is 1. The van der Waals surface area contributed by atoms with Gasteiger partial charge in [0, 0.05) is 5.54 Å². The van der Waals surface area contributed by atoms with Crippen LogP contribution in [0.15, 0.2) is 18.2 Å². The average molecular weight is 254 g/mol. The Morgan fingerprint density at radius 3 is 2.67 bits per heavy atom. The first-order valence-electron chi connectivity index (χ1n) is 6.26. The number of rotatable bonds is 7. The summed E-state index contributed by atoms with van der Waals surface area (Å²) in [6.45, 7) is 5.71. The molecular weight excluding hydrogens is 231 g/mol. The van der Waals surface area contributed by atoms with E-state index >= 15 is 0 Å². The van der Waals surface area contributed by atoms with Crippen LogP contribution in [0.25, 0.3) is 0 Å². The molecule has 0 aliphatic heterocycles. The zero-order valence-electron chi connectivity index (χ0n) is 11.4. The Morgan fingerprint density at radius 2 is 2.11 bits per heavy atom.